The predicted octanol–water partition coefficient (Wildman–Crippen LogP) is 1.98. The molecule has 4 nitrogen and oxygen atoms in total. The van der Waals surface area contributed by atoms with Gasteiger partial charge in [-0.25, -0.2) is 8.42 Å². The van der Waals surface area contributed by atoms with E-state index >= 15 is 0 Å². The van der Waals surface area contributed by atoms with Crippen molar-refractivity contribution in [2.45, 2.75) is 31.0 Å². The molecule has 0 bridgehead atoms. The van der Waals surface area contributed by atoms with Crippen LogP contribution >= 0.6 is 11.3 Å². The lowest BCUT2D eigenvalue weighted by Gasteiger charge is -2.21. The lowest BCUT2D eigenvalue weighted by atomic mass is 10.4. The topological polar surface area (TPSA) is 61.2 Å². The minimum absolute atomic E-state index is 0.114. The molecule has 0 amide bonds. The van der Waals surface area contributed by atoms with E-state index in [0.29, 0.717) is 4.21 Å². The van der Waals surface area contributed by atoms with Crippen molar-refractivity contribution < 1.29 is 8.42 Å². The lowest BCUT2D eigenvalue weighted by molar-refractivity contribution is 0.386. The van der Waals surface area contributed by atoms with Crippen LogP contribution in [0.1, 0.15) is 18.7 Å². The maximum absolute atomic E-state index is 12.2. The molecule has 0 aliphatic rings. The zero-order valence-corrected chi connectivity index (χ0v) is 11.1. The Morgan fingerprint density at radius 2 is 2.12 bits per heavy atom. The fraction of sp³-hybridized carbons (Fsp3) is 0.500. The Bertz CT molecular complexity index is 497. The van der Waals surface area contributed by atoms with Gasteiger partial charge >= 0.3 is 0 Å². The molecule has 0 N–H and O–H groups in total. The average molecular weight is 258 g/mol. The Labute approximate surface area is 100 Å². The molecule has 0 unspecified atom stereocenters. The summed E-state index contributed by atoms with van der Waals surface area (Å²) in [6.07, 6.45) is 0. The highest BCUT2D eigenvalue weighted by atomic mass is 32.2. The predicted molar refractivity (Wildman–Crippen MR) is 63.7 cm³/mol. The van der Waals surface area contributed by atoms with Crippen LogP contribution in [-0.4, -0.2) is 25.3 Å². The highest BCUT2D eigenvalue weighted by Gasteiger charge is 2.27. The van der Waals surface area contributed by atoms with Crippen LogP contribution in [0.3, 0.4) is 0 Å². The molecule has 1 aromatic rings. The van der Waals surface area contributed by atoms with Crippen LogP contribution in [0.15, 0.2) is 16.3 Å². The summed E-state index contributed by atoms with van der Waals surface area (Å²) in [5.74, 6) is 0. The minimum Gasteiger partial charge on any atom is -0.206 e. The first-order valence-electron chi connectivity index (χ1n) is 4.85. The second-order valence-electron chi connectivity index (χ2n) is 3.67. The van der Waals surface area contributed by atoms with Gasteiger partial charge in [-0.1, -0.05) is 0 Å². The molecule has 0 saturated carbocycles. The van der Waals surface area contributed by atoms with E-state index in [-0.39, 0.29) is 12.6 Å². The van der Waals surface area contributed by atoms with Crippen molar-refractivity contribution >= 4 is 21.4 Å². The van der Waals surface area contributed by atoms with Gasteiger partial charge in [-0.2, -0.15) is 9.57 Å². The van der Waals surface area contributed by atoms with Gasteiger partial charge in [-0.3, -0.25) is 0 Å². The van der Waals surface area contributed by atoms with Crippen molar-refractivity contribution in [2.75, 3.05) is 6.54 Å². The molecule has 0 atom stereocenters. The quantitative estimate of drug-likeness (QED) is 0.776. The Hall–Kier alpha value is -0.900. The minimum atomic E-state index is -3.51. The van der Waals surface area contributed by atoms with Gasteiger partial charge in [-0.15, -0.1) is 11.3 Å². The molecule has 0 aliphatic heterocycles. The first-order valence-corrected chi connectivity index (χ1v) is 7.10. The molecule has 1 aromatic heterocycles. The molecule has 0 fully saturated rings. The Kier molecular flexibility index (Phi) is 4.08. The standard InChI is InChI=1S/C10H14N2O2S2/c1-8(2)12(7-6-11)16(13,14)10-5-4-9(3)15-10/h4-5,8H,7H2,1-3H3. The Balaban J connectivity index is 3.14. The summed E-state index contributed by atoms with van der Waals surface area (Å²) in [6, 6.07) is 5.02. The van der Waals surface area contributed by atoms with Gasteiger partial charge in [0, 0.05) is 10.9 Å². The number of nitriles is 1. The van der Waals surface area contributed by atoms with E-state index in [2.05, 4.69) is 0 Å². The molecular weight excluding hydrogens is 244 g/mol. The maximum atomic E-state index is 12.2. The fourth-order valence-corrected chi connectivity index (χ4v) is 4.23. The van der Waals surface area contributed by atoms with Gasteiger partial charge in [0.15, 0.2) is 0 Å². The van der Waals surface area contributed by atoms with Crippen molar-refractivity contribution in [2.24, 2.45) is 0 Å². The van der Waals surface area contributed by atoms with E-state index in [1.807, 2.05) is 13.0 Å². The summed E-state index contributed by atoms with van der Waals surface area (Å²) >= 11 is 1.23. The summed E-state index contributed by atoms with van der Waals surface area (Å²) in [5, 5.41) is 8.65. The van der Waals surface area contributed by atoms with E-state index in [1.165, 1.54) is 15.6 Å². The van der Waals surface area contributed by atoms with Crippen LogP contribution < -0.4 is 0 Å². The van der Waals surface area contributed by atoms with Crippen molar-refractivity contribution in [1.82, 2.24) is 4.31 Å². The highest BCUT2D eigenvalue weighted by Crippen LogP contribution is 2.25. The first-order chi connectivity index (χ1) is 7.39. The number of nitrogens with zero attached hydrogens (tertiary/aromatic N) is 2. The van der Waals surface area contributed by atoms with Gasteiger partial charge in [0.1, 0.15) is 10.8 Å². The Morgan fingerprint density at radius 1 is 1.50 bits per heavy atom. The SMILES string of the molecule is Cc1ccc(S(=O)(=O)N(CC#N)C(C)C)s1. The fourth-order valence-electron chi connectivity index (χ4n) is 1.28. The lowest BCUT2D eigenvalue weighted by Crippen LogP contribution is -2.36. The number of hydrogen-bond acceptors (Lipinski definition) is 4. The van der Waals surface area contributed by atoms with E-state index in [4.69, 9.17) is 5.26 Å². The maximum Gasteiger partial charge on any atom is 0.253 e. The normalized spacial score (nSPS) is 12.0. The zero-order chi connectivity index (χ0) is 12.3. The number of thiophene rings is 1. The van der Waals surface area contributed by atoms with Crippen molar-refractivity contribution in [1.29, 1.82) is 5.26 Å². The first kappa shape index (κ1) is 13.2. The molecule has 0 saturated heterocycles. The number of sulfonamides is 1. The monoisotopic (exact) mass is 258 g/mol. The van der Waals surface area contributed by atoms with Gasteiger partial charge in [0.25, 0.3) is 10.0 Å². The van der Waals surface area contributed by atoms with E-state index in [1.54, 1.807) is 26.0 Å². The molecule has 88 valence electrons. The summed E-state index contributed by atoms with van der Waals surface area (Å²) in [5.41, 5.74) is 0. The summed E-state index contributed by atoms with van der Waals surface area (Å²) in [4.78, 5) is 0.944. The number of rotatable bonds is 4. The van der Waals surface area contributed by atoms with Crippen LogP contribution in [0.2, 0.25) is 0 Å². The average Bonchev–Trinajstić information content (AvgIpc) is 2.61. The number of aryl methyl sites for hydroxylation is 1. The summed E-state index contributed by atoms with van der Waals surface area (Å²) in [6.45, 7) is 5.26. The molecule has 1 heterocycles. The molecule has 0 spiro atoms. The van der Waals surface area contributed by atoms with E-state index < -0.39 is 10.0 Å². The van der Waals surface area contributed by atoms with Crippen LogP contribution in [0.4, 0.5) is 0 Å². The van der Waals surface area contributed by atoms with Crippen LogP contribution in [0, 0.1) is 18.3 Å². The van der Waals surface area contributed by atoms with Crippen LogP contribution in [0.25, 0.3) is 0 Å². The number of hydrogen-bond donors (Lipinski definition) is 0. The Morgan fingerprint density at radius 3 is 2.50 bits per heavy atom. The molecular formula is C10H14N2O2S2. The zero-order valence-electron chi connectivity index (χ0n) is 9.47. The molecule has 6 heteroatoms. The smallest absolute Gasteiger partial charge is 0.206 e. The van der Waals surface area contributed by atoms with Crippen molar-refractivity contribution in [3.8, 4) is 6.07 Å². The van der Waals surface area contributed by atoms with Gasteiger partial charge in [-0.05, 0) is 32.9 Å². The summed E-state index contributed by atoms with van der Waals surface area (Å²) in [7, 11) is -3.51. The summed E-state index contributed by atoms with van der Waals surface area (Å²) < 4.78 is 25.8. The van der Waals surface area contributed by atoms with Gasteiger partial charge in [0.2, 0.25) is 0 Å². The third-order valence-corrected chi connectivity index (χ3v) is 5.57. The van der Waals surface area contributed by atoms with Gasteiger partial charge < -0.3 is 0 Å². The second kappa shape index (κ2) is 4.95. The molecule has 0 radical (unpaired) electrons. The molecule has 0 aliphatic carbocycles. The van der Waals surface area contributed by atoms with E-state index in [9.17, 15) is 8.42 Å². The molecule has 0 aromatic carbocycles. The van der Waals surface area contributed by atoms with Gasteiger partial charge in [0.05, 0.1) is 6.07 Å². The molecule has 16 heavy (non-hydrogen) atoms. The third-order valence-electron chi connectivity index (χ3n) is 2.08. The third kappa shape index (κ3) is 2.61. The second-order valence-corrected chi connectivity index (χ2v) is 7.07. The van der Waals surface area contributed by atoms with Crippen LogP contribution in [-0.2, 0) is 10.0 Å². The van der Waals surface area contributed by atoms with Crippen molar-refractivity contribution in [3.63, 3.8) is 0 Å². The van der Waals surface area contributed by atoms with Crippen molar-refractivity contribution in [3.05, 3.63) is 17.0 Å². The molecule has 1 rings (SSSR count). The highest BCUT2D eigenvalue weighted by molar-refractivity contribution is 7.91. The van der Waals surface area contributed by atoms with Crippen LogP contribution in [0.5, 0.6) is 0 Å². The largest absolute Gasteiger partial charge is 0.253 e. The van der Waals surface area contributed by atoms with E-state index in [0.717, 1.165) is 4.88 Å².